The second-order valence-corrected chi connectivity index (χ2v) is 8.80. The second-order valence-electron chi connectivity index (χ2n) is 6.12. The monoisotopic (exact) mass is 458 g/mol. The molecule has 0 fully saturated rings. The van der Waals surface area contributed by atoms with Gasteiger partial charge in [-0.05, 0) is 54.4 Å². The summed E-state index contributed by atoms with van der Waals surface area (Å²) in [7, 11) is -3.60. The van der Waals surface area contributed by atoms with Crippen LogP contribution in [0.1, 0.15) is 15.9 Å². The molecule has 0 aliphatic carbocycles. The Labute approximate surface area is 173 Å². The first kappa shape index (κ1) is 20.3. The van der Waals surface area contributed by atoms with Crippen molar-refractivity contribution in [2.24, 2.45) is 0 Å². The van der Waals surface area contributed by atoms with Crippen LogP contribution in [-0.2, 0) is 16.4 Å². The van der Waals surface area contributed by atoms with Crippen LogP contribution in [0.5, 0.6) is 0 Å². The number of carbonyl (C=O) groups excluding carboxylic acids is 1. The van der Waals surface area contributed by atoms with Crippen molar-refractivity contribution in [3.63, 3.8) is 0 Å². The Morgan fingerprint density at radius 1 is 0.893 bits per heavy atom. The van der Waals surface area contributed by atoms with Crippen molar-refractivity contribution in [1.82, 2.24) is 4.72 Å². The Morgan fingerprint density at radius 3 is 2.29 bits per heavy atom. The normalized spacial score (nSPS) is 11.2. The summed E-state index contributed by atoms with van der Waals surface area (Å²) < 4.78 is 28.2. The molecule has 0 aliphatic rings. The average molecular weight is 459 g/mol. The van der Waals surface area contributed by atoms with Gasteiger partial charge in [-0.25, -0.2) is 13.1 Å². The number of hydrogen-bond acceptors (Lipinski definition) is 3. The molecule has 2 N–H and O–H groups in total. The number of halogens is 1. The zero-order chi connectivity index (χ0) is 20.0. The Morgan fingerprint density at radius 2 is 1.61 bits per heavy atom. The van der Waals surface area contributed by atoms with E-state index >= 15 is 0 Å². The van der Waals surface area contributed by atoms with Crippen molar-refractivity contribution in [2.75, 3.05) is 11.9 Å². The van der Waals surface area contributed by atoms with Gasteiger partial charge in [0.15, 0.2) is 0 Å². The lowest BCUT2D eigenvalue weighted by atomic mass is 10.2. The molecule has 0 radical (unpaired) electrons. The van der Waals surface area contributed by atoms with Gasteiger partial charge in [0.2, 0.25) is 10.0 Å². The lowest BCUT2D eigenvalue weighted by Crippen LogP contribution is -2.26. The molecule has 144 valence electrons. The summed E-state index contributed by atoms with van der Waals surface area (Å²) in [4.78, 5) is 12.4. The van der Waals surface area contributed by atoms with Crippen molar-refractivity contribution in [2.45, 2.75) is 11.3 Å². The third-order valence-electron chi connectivity index (χ3n) is 4.06. The molecule has 3 aromatic carbocycles. The molecular weight excluding hydrogens is 440 g/mol. The van der Waals surface area contributed by atoms with Gasteiger partial charge in [0.25, 0.3) is 5.91 Å². The lowest BCUT2D eigenvalue weighted by molar-refractivity contribution is 0.102. The Hall–Kier alpha value is -2.48. The van der Waals surface area contributed by atoms with Crippen LogP contribution in [0.25, 0.3) is 0 Å². The van der Waals surface area contributed by atoms with Crippen LogP contribution in [0.2, 0.25) is 0 Å². The van der Waals surface area contributed by atoms with E-state index in [0.29, 0.717) is 24.2 Å². The van der Waals surface area contributed by atoms with Gasteiger partial charge < -0.3 is 5.32 Å². The van der Waals surface area contributed by atoms with Crippen LogP contribution >= 0.6 is 15.9 Å². The van der Waals surface area contributed by atoms with Gasteiger partial charge in [-0.15, -0.1) is 0 Å². The third-order valence-corrected chi connectivity index (χ3v) is 6.03. The topological polar surface area (TPSA) is 75.3 Å². The Kier molecular flexibility index (Phi) is 6.61. The van der Waals surface area contributed by atoms with Crippen molar-refractivity contribution in [1.29, 1.82) is 0 Å². The van der Waals surface area contributed by atoms with Crippen LogP contribution in [0.15, 0.2) is 88.2 Å². The number of sulfonamides is 1. The zero-order valence-electron chi connectivity index (χ0n) is 14.9. The van der Waals surface area contributed by atoms with Gasteiger partial charge >= 0.3 is 0 Å². The minimum absolute atomic E-state index is 0.154. The number of benzene rings is 3. The molecule has 0 spiro atoms. The Bertz CT molecular complexity index is 1050. The maximum absolute atomic E-state index is 12.4. The van der Waals surface area contributed by atoms with E-state index in [-0.39, 0.29) is 10.8 Å². The number of amides is 1. The molecule has 3 aromatic rings. The van der Waals surface area contributed by atoms with Gasteiger partial charge in [0, 0.05) is 22.3 Å². The van der Waals surface area contributed by atoms with Crippen LogP contribution in [-0.4, -0.2) is 20.9 Å². The van der Waals surface area contributed by atoms with Gasteiger partial charge in [0.1, 0.15) is 0 Å². The van der Waals surface area contributed by atoms with Gasteiger partial charge in [-0.2, -0.15) is 0 Å². The van der Waals surface area contributed by atoms with Crippen molar-refractivity contribution < 1.29 is 13.2 Å². The summed E-state index contributed by atoms with van der Waals surface area (Å²) in [5.74, 6) is -0.266. The van der Waals surface area contributed by atoms with Crippen LogP contribution < -0.4 is 10.0 Å². The largest absolute Gasteiger partial charge is 0.322 e. The molecule has 0 atom stereocenters. The molecule has 0 saturated heterocycles. The zero-order valence-corrected chi connectivity index (χ0v) is 17.3. The van der Waals surface area contributed by atoms with E-state index < -0.39 is 10.0 Å². The average Bonchev–Trinajstić information content (AvgIpc) is 2.69. The molecule has 0 aliphatic heterocycles. The third kappa shape index (κ3) is 5.51. The fourth-order valence-corrected chi connectivity index (χ4v) is 4.04. The van der Waals surface area contributed by atoms with Crippen LogP contribution in [0.3, 0.4) is 0 Å². The summed E-state index contributed by atoms with van der Waals surface area (Å²) in [6.45, 7) is 0.313. The molecule has 0 heterocycles. The molecule has 0 saturated carbocycles. The quantitative estimate of drug-likeness (QED) is 0.556. The number of carbonyl (C=O) groups is 1. The highest BCUT2D eigenvalue weighted by molar-refractivity contribution is 9.10. The number of hydrogen-bond donors (Lipinski definition) is 2. The van der Waals surface area contributed by atoms with E-state index in [0.717, 1.165) is 10.0 Å². The van der Waals surface area contributed by atoms with Gasteiger partial charge in [-0.1, -0.05) is 52.3 Å². The fraction of sp³-hybridized carbons (Fsp3) is 0.0952. The fourth-order valence-electron chi connectivity index (χ4n) is 2.61. The van der Waals surface area contributed by atoms with Gasteiger partial charge in [-0.3, -0.25) is 4.79 Å². The van der Waals surface area contributed by atoms with Crippen molar-refractivity contribution in [3.8, 4) is 0 Å². The van der Waals surface area contributed by atoms with Crippen LogP contribution in [0.4, 0.5) is 5.69 Å². The minimum Gasteiger partial charge on any atom is -0.322 e. The second kappa shape index (κ2) is 9.14. The first-order valence-electron chi connectivity index (χ1n) is 8.65. The first-order chi connectivity index (χ1) is 13.4. The molecule has 0 aromatic heterocycles. The molecule has 28 heavy (non-hydrogen) atoms. The van der Waals surface area contributed by atoms with Gasteiger partial charge in [0.05, 0.1) is 4.90 Å². The lowest BCUT2D eigenvalue weighted by Gasteiger charge is -2.09. The maximum Gasteiger partial charge on any atom is 0.255 e. The Balaban J connectivity index is 1.60. The molecule has 7 heteroatoms. The van der Waals surface area contributed by atoms with Crippen LogP contribution in [0, 0.1) is 0 Å². The predicted octanol–water partition coefficient (Wildman–Crippen LogP) is 4.22. The highest BCUT2D eigenvalue weighted by Crippen LogP contribution is 2.17. The maximum atomic E-state index is 12.4. The highest BCUT2D eigenvalue weighted by Gasteiger charge is 2.14. The van der Waals surface area contributed by atoms with E-state index in [2.05, 4.69) is 26.0 Å². The van der Waals surface area contributed by atoms with E-state index in [1.54, 1.807) is 30.3 Å². The summed E-state index contributed by atoms with van der Waals surface area (Å²) >= 11 is 3.33. The standard InChI is InChI=1S/C21H19BrN2O3S/c22-18-8-4-7-17(15-18)21(25)24-19-9-11-20(12-10-19)28(26,27)23-14-13-16-5-2-1-3-6-16/h1-12,15,23H,13-14H2,(H,24,25). The molecule has 0 unspecified atom stereocenters. The summed E-state index contributed by atoms with van der Waals surface area (Å²) in [5.41, 5.74) is 2.10. The summed E-state index contributed by atoms with van der Waals surface area (Å²) in [6, 6.07) is 22.8. The summed E-state index contributed by atoms with van der Waals surface area (Å²) in [6.07, 6.45) is 0.612. The molecule has 0 bridgehead atoms. The molecule has 3 rings (SSSR count). The SMILES string of the molecule is O=C(Nc1ccc(S(=O)(=O)NCCc2ccccc2)cc1)c1cccc(Br)c1. The predicted molar refractivity (Wildman–Crippen MR) is 114 cm³/mol. The van der Waals surface area contributed by atoms with Crippen molar-refractivity contribution >= 4 is 37.5 Å². The van der Waals surface area contributed by atoms with E-state index in [9.17, 15) is 13.2 Å². The number of nitrogens with one attached hydrogen (secondary N) is 2. The highest BCUT2D eigenvalue weighted by atomic mass is 79.9. The number of rotatable bonds is 7. The summed E-state index contributed by atoms with van der Waals surface area (Å²) in [5, 5.41) is 2.75. The molecule has 5 nitrogen and oxygen atoms in total. The van der Waals surface area contributed by atoms with E-state index in [1.807, 2.05) is 36.4 Å². The van der Waals surface area contributed by atoms with E-state index in [1.165, 1.54) is 12.1 Å². The molecular formula is C21H19BrN2O3S. The smallest absolute Gasteiger partial charge is 0.255 e. The van der Waals surface area contributed by atoms with Crippen molar-refractivity contribution in [3.05, 3.63) is 94.5 Å². The minimum atomic E-state index is -3.60. The number of anilines is 1. The molecule has 1 amide bonds. The first-order valence-corrected chi connectivity index (χ1v) is 10.9. The van der Waals surface area contributed by atoms with E-state index in [4.69, 9.17) is 0 Å².